The fourth-order valence-corrected chi connectivity index (χ4v) is 2.50. The number of hydrogen-bond acceptors (Lipinski definition) is 4. The van der Waals surface area contributed by atoms with Crippen LogP contribution in [0, 0.1) is 0 Å². The Morgan fingerprint density at radius 3 is 2.74 bits per heavy atom. The summed E-state index contributed by atoms with van der Waals surface area (Å²) in [4.78, 5) is 2.71. The van der Waals surface area contributed by atoms with E-state index in [1.807, 2.05) is 18.2 Å². The normalized spacial score (nSPS) is 17.4. The monoisotopic (exact) mass is 280 g/mol. The van der Waals surface area contributed by atoms with Gasteiger partial charge in [0, 0.05) is 30.8 Å². The average molecular weight is 280 g/mol. The van der Waals surface area contributed by atoms with E-state index in [2.05, 4.69) is 4.90 Å². The van der Waals surface area contributed by atoms with Crippen LogP contribution in [0.5, 0.6) is 5.75 Å². The molecule has 0 aliphatic carbocycles. The summed E-state index contributed by atoms with van der Waals surface area (Å²) < 4.78 is 5.38. The third kappa shape index (κ3) is 3.65. The third-order valence-corrected chi connectivity index (χ3v) is 3.75. The topological polar surface area (TPSA) is 58.7 Å². The zero-order valence-electron chi connectivity index (χ0n) is 11.1. The molecule has 2 rings (SSSR count). The Hall–Kier alpha value is -1.17. The predicted octanol–water partition coefficient (Wildman–Crippen LogP) is 1.29. The van der Waals surface area contributed by atoms with Crippen molar-refractivity contribution >= 4 is 17.2 Å². The Morgan fingerprint density at radius 1 is 1.47 bits per heavy atom. The van der Waals surface area contributed by atoms with Crippen molar-refractivity contribution < 1.29 is 9.84 Å². The Morgan fingerprint density at radius 2 is 2.16 bits per heavy atom. The zero-order chi connectivity index (χ0) is 13.8. The molecule has 0 saturated carbocycles. The van der Waals surface area contributed by atoms with E-state index in [9.17, 15) is 5.11 Å². The molecule has 1 aliphatic heterocycles. The molecule has 5 heteroatoms. The van der Waals surface area contributed by atoms with Crippen LogP contribution in [0.3, 0.4) is 0 Å². The van der Waals surface area contributed by atoms with Crippen molar-refractivity contribution in [2.75, 3.05) is 20.2 Å². The Balaban J connectivity index is 2.13. The van der Waals surface area contributed by atoms with Gasteiger partial charge in [-0.15, -0.1) is 0 Å². The quantitative estimate of drug-likeness (QED) is 0.814. The predicted molar refractivity (Wildman–Crippen MR) is 79.4 cm³/mol. The number of nitrogens with zero attached hydrogens (tertiary/aromatic N) is 1. The lowest BCUT2D eigenvalue weighted by Crippen LogP contribution is -2.35. The highest BCUT2D eigenvalue weighted by Crippen LogP contribution is 2.23. The van der Waals surface area contributed by atoms with Crippen LogP contribution in [0.15, 0.2) is 18.2 Å². The van der Waals surface area contributed by atoms with Crippen LogP contribution in [-0.4, -0.2) is 41.3 Å². The van der Waals surface area contributed by atoms with Gasteiger partial charge in [-0.25, -0.2) is 0 Å². The molecule has 1 aliphatic rings. The van der Waals surface area contributed by atoms with Crippen molar-refractivity contribution in [3.63, 3.8) is 0 Å². The molecular weight excluding hydrogens is 260 g/mol. The van der Waals surface area contributed by atoms with Gasteiger partial charge in [0.25, 0.3) is 0 Å². The molecule has 19 heavy (non-hydrogen) atoms. The molecule has 1 saturated heterocycles. The van der Waals surface area contributed by atoms with E-state index in [1.165, 1.54) is 0 Å². The molecule has 104 valence electrons. The van der Waals surface area contributed by atoms with Crippen LogP contribution in [-0.2, 0) is 6.54 Å². The molecule has 0 aromatic heterocycles. The highest BCUT2D eigenvalue weighted by atomic mass is 32.1. The first-order valence-corrected chi connectivity index (χ1v) is 6.88. The van der Waals surface area contributed by atoms with E-state index in [0.717, 1.165) is 49.4 Å². The molecule has 0 unspecified atom stereocenters. The Labute approximate surface area is 119 Å². The molecule has 1 aromatic carbocycles. The maximum absolute atomic E-state index is 9.53. The maximum atomic E-state index is 9.53. The van der Waals surface area contributed by atoms with E-state index in [4.69, 9.17) is 22.7 Å². The van der Waals surface area contributed by atoms with Crippen molar-refractivity contribution in [2.45, 2.75) is 25.5 Å². The van der Waals surface area contributed by atoms with Gasteiger partial charge in [-0.3, -0.25) is 4.90 Å². The first kappa shape index (κ1) is 14.2. The lowest BCUT2D eigenvalue weighted by Gasteiger charge is -2.30. The van der Waals surface area contributed by atoms with Gasteiger partial charge in [-0.05, 0) is 31.0 Å². The van der Waals surface area contributed by atoms with Crippen molar-refractivity contribution in [3.8, 4) is 5.75 Å². The van der Waals surface area contributed by atoms with Crippen molar-refractivity contribution in [2.24, 2.45) is 5.73 Å². The number of rotatable bonds is 4. The highest BCUT2D eigenvalue weighted by Gasteiger charge is 2.18. The minimum atomic E-state index is -0.152. The second-order valence-electron chi connectivity index (χ2n) is 4.90. The number of ether oxygens (including phenoxy) is 1. The minimum absolute atomic E-state index is 0.152. The van der Waals surface area contributed by atoms with E-state index >= 15 is 0 Å². The number of nitrogens with two attached hydrogens (primary N) is 1. The molecule has 4 nitrogen and oxygen atoms in total. The molecule has 1 heterocycles. The summed E-state index contributed by atoms with van der Waals surface area (Å²) in [6.07, 6.45) is 1.51. The van der Waals surface area contributed by atoms with Gasteiger partial charge in [0.1, 0.15) is 10.7 Å². The lowest BCUT2D eigenvalue weighted by molar-refractivity contribution is 0.0789. The summed E-state index contributed by atoms with van der Waals surface area (Å²) in [6, 6.07) is 5.78. The van der Waals surface area contributed by atoms with Gasteiger partial charge in [0.2, 0.25) is 0 Å². The van der Waals surface area contributed by atoms with Gasteiger partial charge in [-0.1, -0.05) is 12.2 Å². The third-order valence-electron chi connectivity index (χ3n) is 3.52. The molecule has 3 N–H and O–H groups in total. The second kappa shape index (κ2) is 6.32. The summed E-state index contributed by atoms with van der Waals surface area (Å²) in [5.74, 6) is 0.853. The Bertz CT molecular complexity index is 457. The van der Waals surface area contributed by atoms with Crippen molar-refractivity contribution in [1.29, 1.82) is 0 Å². The minimum Gasteiger partial charge on any atom is -0.496 e. The molecule has 1 aromatic rings. The lowest BCUT2D eigenvalue weighted by atomic mass is 10.1. The zero-order valence-corrected chi connectivity index (χ0v) is 11.9. The van der Waals surface area contributed by atoms with Gasteiger partial charge in [-0.2, -0.15) is 0 Å². The largest absolute Gasteiger partial charge is 0.496 e. The first-order valence-electron chi connectivity index (χ1n) is 6.47. The summed E-state index contributed by atoms with van der Waals surface area (Å²) >= 11 is 5.01. The van der Waals surface area contributed by atoms with Crippen molar-refractivity contribution in [1.82, 2.24) is 4.90 Å². The van der Waals surface area contributed by atoms with Crippen LogP contribution in [0.1, 0.15) is 24.0 Å². The molecule has 0 amide bonds. The fraction of sp³-hybridized carbons (Fsp3) is 0.500. The number of aliphatic hydroxyl groups is 1. The number of thiocarbonyl (C=S) groups is 1. The number of aliphatic hydroxyl groups excluding tert-OH is 1. The van der Waals surface area contributed by atoms with E-state index in [0.29, 0.717) is 4.99 Å². The molecule has 0 spiro atoms. The second-order valence-corrected chi connectivity index (χ2v) is 5.34. The van der Waals surface area contributed by atoms with Gasteiger partial charge in [0.05, 0.1) is 13.2 Å². The van der Waals surface area contributed by atoms with Crippen LogP contribution in [0.2, 0.25) is 0 Å². The van der Waals surface area contributed by atoms with Crippen LogP contribution in [0.25, 0.3) is 0 Å². The number of methoxy groups -OCH3 is 1. The number of likely N-dealkylation sites (tertiary alicyclic amines) is 1. The highest BCUT2D eigenvalue weighted by molar-refractivity contribution is 7.80. The number of benzene rings is 1. The molecule has 0 bridgehead atoms. The first-order chi connectivity index (χ1) is 9.10. The number of hydrogen-bond donors (Lipinski definition) is 2. The summed E-state index contributed by atoms with van der Waals surface area (Å²) in [6.45, 7) is 2.61. The van der Waals surface area contributed by atoms with Crippen LogP contribution in [0.4, 0.5) is 0 Å². The van der Waals surface area contributed by atoms with E-state index in [-0.39, 0.29) is 6.10 Å². The van der Waals surface area contributed by atoms with Crippen molar-refractivity contribution in [3.05, 3.63) is 29.3 Å². The van der Waals surface area contributed by atoms with Gasteiger partial charge >= 0.3 is 0 Å². The molecule has 1 fully saturated rings. The smallest absolute Gasteiger partial charge is 0.123 e. The molecular formula is C14H20N2O2S. The van der Waals surface area contributed by atoms with E-state index in [1.54, 1.807) is 7.11 Å². The van der Waals surface area contributed by atoms with Crippen LogP contribution >= 0.6 is 12.2 Å². The molecule has 0 radical (unpaired) electrons. The van der Waals surface area contributed by atoms with E-state index < -0.39 is 0 Å². The van der Waals surface area contributed by atoms with Gasteiger partial charge in [0.15, 0.2) is 0 Å². The Kier molecular flexibility index (Phi) is 4.74. The summed E-state index contributed by atoms with van der Waals surface area (Å²) in [5, 5.41) is 9.53. The summed E-state index contributed by atoms with van der Waals surface area (Å²) in [5.41, 5.74) is 7.62. The van der Waals surface area contributed by atoms with Crippen LogP contribution < -0.4 is 10.5 Å². The fourth-order valence-electron chi connectivity index (χ4n) is 2.37. The molecule has 0 atom stereocenters. The standard InChI is InChI=1S/C14H20N2O2S/c1-18-13-3-2-10(14(15)19)8-11(13)9-16-6-4-12(17)5-7-16/h2-3,8,12,17H,4-7,9H2,1H3,(H2,15,19). The average Bonchev–Trinajstić information content (AvgIpc) is 2.41. The SMILES string of the molecule is COc1ccc(C(N)=S)cc1CN1CCC(O)CC1. The maximum Gasteiger partial charge on any atom is 0.123 e. The number of piperidine rings is 1. The summed E-state index contributed by atoms with van der Waals surface area (Å²) in [7, 11) is 1.67. The van der Waals surface area contributed by atoms with Gasteiger partial charge < -0.3 is 15.6 Å².